The second-order valence-electron chi connectivity index (χ2n) is 9.27. The van der Waals surface area contributed by atoms with Crippen LogP contribution in [0.3, 0.4) is 0 Å². The number of phenolic OH excluding ortho intramolecular Hbond substituents is 2. The van der Waals surface area contributed by atoms with Crippen molar-refractivity contribution in [1.82, 2.24) is 10.6 Å². The first kappa shape index (κ1) is 20.4. The Kier molecular flexibility index (Phi) is 4.73. The van der Waals surface area contributed by atoms with Crippen LogP contribution in [0.1, 0.15) is 47.9 Å². The summed E-state index contributed by atoms with van der Waals surface area (Å²) in [4.78, 5) is 0. The zero-order valence-corrected chi connectivity index (χ0v) is 18.9. The van der Waals surface area contributed by atoms with E-state index in [2.05, 4.69) is 34.9 Å². The number of hydrogen-bond acceptors (Lipinski definition) is 4. The lowest BCUT2D eigenvalue weighted by Crippen LogP contribution is -2.73. The van der Waals surface area contributed by atoms with Crippen LogP contribution >= 0.6 is 12.2 Å². The van der Waals surface area contributed by atoms with Gasteiger partial charge in [-0.25, -0.2) is 0 Å². The Bertz CT molecular complexity index is 1200. The molecule has 0 amide bonds. The Morgan fingerprint density at radius 1 is 0.848 bits per heavy atom. The molecule has 2 heterocycles. The van der Waals surface area contributed by atoms with Crippen molar-refractivity contribution in [3.05, 3.63) is 89.5 Å². The number of benzene rings is 3. The molecular weight excluding hydrogens is 432 g/mol. The van der Waals surface area contributed by atoms with Gasteiger partial charge >= 0.3 is 0 Å². The van der Waals surface area contributed by atoms with Gasteiger partial charge in [-0.1, -0.05) is 73.2 Å². The number of rotatable bonds is 2. The molecule has 3 aliphatic rings. The first-order valence-corrected chi connectivity index (χ1v) is 11.9. The van der Waals surface area contributed by atoms with Crippen LogP contribution in [-0.2, 0) is 0 Å². The summed E-state index contributed by atoms with van der Waals surface area (Å²) in [6.45, 7) is 0. The van der Waals surface area contributed by atoms with Gasteiger partial charge < -0.3 is 25.6 Å². The van der Waals surface area contributed by atoms with Crippen molar-refractivity contribution >= 4 is 17.3 Å². The number of hydrogen-bond donors (Lipinski definition) is 4. The topological polar surface area (TPSA) is 73.8 Å². The molecule has 2 fully saturated rings. The highest BCUT2D eigenvalue weighted by atomic mass is 32.1. The monoisotopic (exact) mass is 458 g/mol. The molecule has 2 aliphatic heterocycles. The highest BCUT2D eigenvalue weighted by Crippen LogP contribution is 2.60. The summed E-state index contributed by atoms with van der Waals surface area (Å²) >= 11 is 5.71. The second-order valence-corrected chi connectivity index (χ2v) is 9.67. The predicted molar refractivity (Wildman–Crippen MR) is 130 cm³/mol. The molecule has 1 aliphatic carbocycles. The van der Waals surface area contributed by atoms with E-state index in [0.717, 1.165) is 30.4 Å². The minimum absolute atomic E-state index is 0.00549. The summed E-state index contributed by atoms with van der Waals surface area (Å²) in [6, 6.07) is 24.1. The van der Waals surface area contributed by atoms with Crippen molar-refractivity contribution in [2.75, 3.05) is 0 Å². The van der Waals surface area contributed by atoms with Gasteiger partial charge in [-0.15, -0.1) is 0 Å². The van der Waals surface area contributed by atoms with Gasteiger partial charge in [0.25, 0.3) is 0 Å². The average Bonchev–Trinajstić information content (AvgIpc) is 2.85. The van der Waals surface area contributed by atoms with E-state index < -0.39 is 5.72 Å². The van der Waals surface area contributed by atoms with Gasteiger partial charge in [0.05, 0.1) is 6.04 Å². The van der Waals surface area contributed by atoms with Crippen molar-refractivity contribution in [2.24, 2.45) is 11.8 Å². The van der Waals surface area contributed by atoms with E-state index >= 15 is 0 Å². The first-order chi connectivity index (χ1) is 16.1. The third-order valence-corrected chi connectivity index (χ3v) is 7.82. The molecule has 3 aromatic carbocycles. The maximum Gasteiger partial charge on any atom is 0.200 e. The molecule has 6 rings (SSSR count). The predicted octanol–water partition coefficient (Wildman–Crippen LogP) is 4.95. The number of phenols is 2. The van der Waals surface area contributed by atoms with E-state index in [4.69, 9.17) is 17.0 Å². The fraction of sp³-hybridized carbons (Fsp3) is 0.296. The smallest absolute Gasteiger partial charge is 0.200 e. The zero-order valence-electron chi connectivity index (χ0n) is 18.1. The molecule has 1 spiro atoms. The molecule has 1 saturated heterocycles. The maximum absolute atomic E-state index is 10.9. The Labute approximate surface area is 198 Å². The molecule has 0 aromatic heterocycles. The van der Waals surface area contributed by atoms with Gasteiger partial charge in [-0.3, -0.25) is 0 Å². The van der Waals surface area contributed by atoms with Crippen molar-refractivity contribution in [3.63, 3.8) is 0 Å². The molecule has 168 valence electrons. The van der Waals surface area contributed by atoms with Crippen molar-refractivity contribution in [2.45, 2.75) is 36.9 Å². The quantitative estimate of drug-likeness (QED) is 0.322. The Hall–Kier alpha value is -3.25. The van der Waals surface area contributed by atoms with Crippen LogP contribution in [0.4, 0.5) is 0 Å². The van der Waals surface area contributed by atoms with Gasteiger partial charge in [-0.2, -0.15) is 0 Å². The fourth-order valence-electron chi connectivity index (χ4n) is 6.27. The van der Waals surface area contributed by atoms with Crippen LogP contribution in [0.15, 0.2) is 72.8 Å². The molecule has 33 heavy (non-hydrogen) atoms. The SMILES string of the molecule is Oc1ccc2c(c1O)O[C@@]13NC(=S)N[C@@H](c4ccccc4)[C@H]1CCC[C@H]3[C@H]2c1ccccc1. The minimum Gasteiger partial charge on any atom is -0.504 e. The lowest BCUT2D eigenvalue weighted by molar-refractivity contribution is -0.122. The van der Waals surface area contributed by atoms with E-state index in [1.54, 1.807) is 6.07 Å². The molecule has 1 saturated carbocycles. The van der Waals surface area contributed by atoms with Crippen LogP contribution in [0, 0.1) is 11.8 Å². The van der Waals surface area contributed by atoms with Gasteiger partial charge in [0.1, 0.15) is 0 Å². The fourth-order valence-corrected chi connectivity index (χ4v) is 6.56. The van der Waals surface area contributed by atoms with E-state index in [9.17, 15) is 10.2 Å². The van der Waals surface area contributed by atoms with Crippen LogP contribution in [-0.4, -0.2) is 21.1 Å². The van der Waals surface area contributed by atoms with E-state index in [1.807, 2.05) is 42.5 Å². The summed E-state index contributed by atoms with van der Waals surface area (Å²) in [5, 5.41) is 28.8. The summed E-state index contributed by atoms with van der Waals surface area (Å²) < 4.78 is 6.76. The van der Waals surface area contributed by atoms with Crippen molar-refractivity contribution in [3.8, 4) is 17.2 Å². The number of thiocarbonyl (C=S) groups is 1. The maximum atomic E-state index is 10.9. The lowest BCUT2D eigenvalue weighted by atomic mass is 9.60. The van der Waals surface area contributed by atoms with Gasteiger partial charge in [0.15, 0.2) is 22.3 Å². The molecular formula is C27H26N2O3S. The van der Waals surface area contributed by atoms with E-state index in [0.29, 0.717) is 10.9 Å². The molecule has 0 bridgehead atoms. The second kappa shape index (κ2) is 7.66. The number of ether oxygens (including phenoxy) is 1. The number of aromatic hydroxyl groups is 2. The summed E-state index contributed by atoms with van der Waals surface area (Å²) in [5.74, 6) is 0.116. The molecule has 4 N–H and O–H groups in total. The van der Waals surface area contributed by atoms with Crippen molar-refractivity contribution in [1.29, 1.82) is 0 Å². The van der Waals surface area contributed by atoms with E-state index in [1.165, 1.54) is 5.56 Å². The van der Waals surface area contributed by atoms with Gasteiger partial charge in [-0.05, 0) is 42.3 Å². The summed E-state index contributed by atoms with van der Waals surface area (Å²) in [6.07, 6.45) is 2.99. The van der Waals surface area contributed by atoms with Crippen molar-refractivity contribution < 1.29 is 14.9 Å². The highest BCUT2D eigenvalue weighted by Gasteiger charge is 2.61. The molecule has 0 radical (unpaired) electrons. The minimum atomic E-state index is -0.806. The molecule has 0 unspecified atom stereocenters. The third kappa shape index (κ3) is 3.08. The molecule has 6 heteroatoms. The largest absolute Gasteiger partial charge is 0.504 e. The Balaban J connectivity index is 1.57. The zero-order chi connectivity index (χ0) is 22.6. The van der Waals surface area contributed by atoms with Gasteiger partial charge in [0.2, 0.25) is 5.75 Å². The van der Waals surface area contributed by atoms with Gasteiger partial charge in [0, 0.05) is 23.3 Å². The van der Waals surface area contributed by atoms with Crippen LogP contribution < -0.4 is 15.4 Å². The first-order valence-electron chi connectivity index (χ1n) is 11.5. The summed E-state index contributed by atoms with van der Waals surface area (Å²) in [7, 11) is 0. The average molecular weight is 459 g/mol. The molecule has 5 nitrogen and oxygen atoms in total. The number of fused-ring (bicyclic) bond motifs is 1. The number of nitrogens with one attached hydrogen (secondary N) is 2. The normalized spacial score (nSPS) is 30.0. The highest BCUT2D eigenvalue weighted by molar-refractivity contribution is 7.80. The van der Waals surface area contributed by atoms with Crippen LogP contribution in [0.25, 0.3) is 0 Å². The van der Waals surface area contributed by atoms with Crippen LogP contribution in [0.2, 0.25) is 0 Å². The standard InChI is InChI=1S/C27H26N2O3S/c30-21-15-14-18-22(16-8-3-1-4-9-16)19-12-7-13-20-23(17-10-5-2-6-11-17)28-26(33)29-27(19,20)32-25(18)24(21)31/h1-6,8-11,14-15,19-20,22-23,30-31H,7,12-13H2,(H2,28,29,33)/t19-,20+,22-,23-,27+/m0/s1. The summed E-state index contributed by atoms with van der Waals surface area (Å²) in [5.41, 5.74) is 2.42. The molecule has 3 aromatic rings. The Morgan fingerprint density at radius 3 is 2.24 bits per heavy atom. The third-order valence-electron chi connectivity index (χ3n) is 7.60. The lowest BCUT2D eigenvalue weighted by Gasteiger charge is -2.59. The van der Waals surface area contributed by atoms with Crippen LogP contribution in [0.5, 0.6) is 17.2 Å². The molecule has 5 atom stereocenters. The Morgan fingerprint density at radius 2 is 1.52 bits per heavy atom. The van der Waals surface area contributed by atoms with E-state index in [-0.39, 0.29) is 35.3 Å².